The summed E-state index contributed by atoms with van der Waals surface area (Å²) in [5.74, 6) is 0. The van der Waals surface area contributed by atoms with Crippen LogP contribution in [0.3, 0.4) is 0 Å². The minimum absolute atomic E-state index is 0.465. The second-order valence-electron chi connectivity index (χ2n) is 6.13. The second kappa shape index (κ2) is 4.81. The van der Waals surface area contributed by atoms with Gasteiger partial charge in [0.15, 0.2) is 0 Å². The molecule has 2 rings (SSSR count). The molecule has 1 fully saturated rings. The standard InChI is InChI=1S/C16H25N/c1-12-6-7-13(2)15(10-12)14(3)17-11-16(4)8-5-9-16/h6-7,10,14,17H,5,8-9,11H2,1-4H3. The van der Waals surface area contributed by atoms with E-state index < -0.39 is 0 Å². The molecule has 1 aromatic carbocycles. The van der Waals surface area contributed by atoms with Gasteiger partial charge in [-0.15, -0.1) is 0 Å². The van der Waals surface area contributed by atoms with Crippen LogP contribution in [0.25, 0.3) is 0 Å². The molecule has 1 aromatic rings. The Kier molecular flexibility index (Phi) is 3.58. The molecule has 1 saturated carbocycles. The van der Waals surface area contributed by atoms with Gasteiger partial charge in [-0.2, -0.15) is 0 Å². The summed E-state index contributed by atoms with van der Waals surface area (Å²) in [6.07, 6.45) is 4.19. The first kappa shape index (κ1) is 12.6. The highest BCUT2D eigenvalue weighted by atomic mass is 14.9. The van der Waals surface area contributed by atoms with Gasteiger partial charge in [-0.25, -0.2) is 0 Å². The largest absolute Gasteiger partial charge is 0.310 e. The highest BCUT2D eigenvalue weighted by Gasteiger charge is 2.31. The van der Waals surface area contributed by atoms with Crippen molar-refractivity contribution in [3.63, 3.8) is 0 Å². The summed E-state index contributed by atoms with van der Waals surface area (Å²) in [5, 5.41) is 3.71. The van der Waals surface area contributed by atoms with Crippen LogP contribution in [0.4, 0.5) is 0 Å². The average molecular weight is 231 g/mol. The van der Waals surface area contributed by atoms with E-state index in [1.54, 1.807) is 0 Å². The van der Waals surface area contributed by atoms with Crippen molar-refractivity contribution in [2.45, 2.75) is 53.0 Å². The van der Waals surface area contributed by atoms with Gasteiger partial charge in [0.2, 0.25) is 0 Å². The lowest BCUT2D eigenvalue weighted by Gasteiger charge is -2.39. The summed E-state index contributed by atoms with van der Waals surface area (Å²) in [4.78, 5) is 0. The molecule has 0 aromatic heterocycles. The Hall–Kier alpha value is -0.820. The lowest BCUT2D eigenvalue weighted by molar-refractivity contribution is 0.152. The maximum absolute atomic E-state index is 3.71. The molecule has 1 aliphatic carbocycles. The Morgan fingerprint density at radius 3 is 2.59 bits per heavy atom. The van der Waals surface area contributed by atoms with E-state index in [0.29, 0.717) is 11.5 Å². The van der Waals surface area contributed by atoms with Crippen molar-refractivity contribution >= 4 is 0 Å². The minimum atomic E-state index is 0.465. The van der Waals surface area contributed by atoms with E-state index in [1.165, 1.54) is 36.0 Å². The third-order valence-corrected chi connectivity index (χ3v) is 4.30. The molecule has 1 N–H and O–H groups in total. The number of rotatable bonds is 4. The summed E-state index contributed by atoms with van der Waals surface area (Å²) in [6, 6.07) is 7.20. The Morgan fingerprint density at radius 2 is 2.00 bits per heavy atom. The number of aryl methyl sites for hydroxylation is 2. The van der Waals surface area contributed by atoms with Crippen molar-refractivity contribution in [1.82, 2.24) is 5.32 Å². The van der Waals surface area contributed by atoms with Crippen molar-refractivity contribution in [3.05, 3.63) is 34.9 Å². The van der Waals surface area contributed by atoms with E-state index >= 15 is 0 Å². The molecule has 0 heterocycles. The third-order valence-electron chi connectivity index (χ3n) is 4.30. The van der Waals surface area contributed by atoms with Crippen LogP contribution in [0.2, 0.25) is 0 Å². The molecule has 1 aliphatic rings. The zero-order chi connectivity index (χ0) is 12.5. The van der Waals surface area contributed by atoms with Crippen LogP contribution in [-0.2, 0) is 0 Å². The zero-order valence-electron chi connectivity index (χ0n) is 11.6. The first-order chi connectivity index (χ1) is 8.00. The van der Waals surface area contributed by atoms with Crippen LogP contribution < -0.4 is 5.32 Å². The van der Waals surface area contributed by atoms with Crippen LogP contribution in [0.5, 0.6) is 0 Å². The quantitative estimate of drug-likeness (QED) is 0.821. The van der Waals surface area contributed by atoms with Gasteiger partial charge >= 0.3 is 0 Å². The fourth-order valence-corrected chi connectivity index (χ4v) is 2.69. The normalized spacial score (nSPS) is 19.8. The Balaban J connectivity index is 1.99. The minimum Gasteiger partial charge on any atom is -0.310 e. The maximum Gasteiger partial charge on any atom is 0.0294 e. The van der Waals surface area contributed by atoms with Crippen molar-refractivity contribution in [1.29, 1.82) is 0 Å². The predicted octanol–water partition coefficient (Wildman–Crippen LogP) is 4.14. The molecule has 1 nitrogen and oxygen atoms in total. The molecule has 17 heavy (non-hydrogen) atoms. The van der Waals surface area contributed by atoms with Gasteiger partial charge in [-0.3, -0.25) is 0 Å². The van der Waals surface area contributed by atoms with Gasteiger partial charge in [0.05, 0.1) is 0 Å². The molecule has 0 saturated heterocycles. The van der Waals surface area contributed by atoms with Gasteiger partial charge in [0.25, 0.3) is 0 Å². The summed E-state index contributed by atoms with van der Waals surface area (Å²) in [7, 11) is 0. The molecule has 0 radical (unpaired) electrons. The summed E-state index contributed by atoms with van der Waals surface area (Å²) >= 11 is 0. The van der Waals surface area contributed by atoms with Gasteiger partial charge in [-0.05, 0) is 50.2 Å². The van der Waals surface area contributed by atoms with Crippen LogP contribution in [-0.4, -0.2) is 6.54 Å². The Morgan fingerprint density at radius 1 is 1.29 bits per heavy atom. The van der Waals surface area contributed by atoms with Crippen molar-refractivity contribution < 1.29 is 0 Å². The summed E-state index contributed by atoms with van der Waals surface area (Å²) in [5.41, 5.74) is 4.77. The van der Waals surface area contributed by atoms with Crippen LogP contribution in [0.15, 0.2) is 18.2 Å². The van der Waals surface area contributed by atoms with Gasteiger partial charge in [0.1, 0.15) is 0 Å². The number of hydrogen-bond donors (Lipinski definition) is 1. The molecule has 0 bridgehead atoms. The summed E-state index contributed by atoms with van der Waals surface area (Å²) in [6.45, 7) is 10.2. The van der Waals surface area contributed by atoms with Crippen molar-refractivity contribution in [2.24, 2.45) is 5.41 Å². The van der Waals surface area contributed by atoms with E-state index in [4.69, 9.17) is 0 Å². The number of benzene rings is 1. The first-order valence-corrected chi connectivity index (χ1v) is 6.81. The molecule has 1 atom stereocenters. The van der Waals surface area contributed by atoms with Gasteiger partial charge in [0, 0.05) is 12.6 Å². The highest BCUT2D eigenvalue weighted by molar-refractivity contribution is 5.32. The van der Waals surface area contributed by atoms with E-state index in [1.807, 2.05) is 0 Å². The Bertz CT molecular complexity index is 391. The SMILES string of the molecule is Cc1ccc(C)c(C(C)NCC2(C)CCC2)c1. The molecule has 0 amide bonds. The van der Waals surface area contributed by atoms with E-state index in [2.05, 4.69) is 51.2 Å². The Labute approximate surface area is 106 Å². The monoisotopic (exact) mass is 231 g/mol. The lowest BCUT2D eigenvalue weighted by Crippen LogP contribution is -2.38. The molecule has 94 valence electrons. The van der Waals surface area contributed by atoms with Crippen molar-refractivity contribution in [2.75, 3.05) is 6.54 Å². The van der Waals surface area contributed by atoms with Crippen LogP contribution >= 0.6 is 0 Å². The fourth-order valence-electron chi connectivity index (χ4n) is 2.69. The van der Waals surface area contributed by atoms with Crippen LogP contribution in [0.1, 0.15) is 55.8 Å². The first-order valence-electron chi connectivity index (χ1n) is 6.81. The predicted molar refractivity (Wildman–Crippen MR) is 74.3 cm³/mol. The molecule has 0 aliphatic heterocycles. The van der Waals surface area contributed by atoms with E-state index in [-0.39, 0.29) is 0 Å². The molecule has 0 spiro atoms. The van der Waals surface area contributed by atoms with E-state index in [9.17, 15) is 0 Å². The smallest absolute Gasteiger partial charge is 0.0294 e. The average Bonchev–Trinajstić information content (AvgIpc) is 2.26. The maximum atomic E-state index is 3.71. The van der Waals surface area contributed by atoms with E-state index in [0.717, 1.165) is 6.54 Å². The van der Waals surface area contributed by atoms with Crippen molar-refractivity contribution in [3.8, 4) is 0 Å². The molecular formula is C16H25N. The number of nitrogens with one attached hydrogen (secondary N) is 1. The van der Waals surface area contributed by atoms with Gasteiger partial charge < -0.3 is 5.32 Å². The lowest BCUT2D eigenvalue weighted by atomic mass is 9.70. The molecular weight excluding hydrogens is 206 g/mol. The second-order valence-corrected chi connectivity index (χ2v) is 6.13. The topological polar surface area (TPSA) is 12.0 Å². The highest BCUT2D eigenvalue weighted by Crippen LogP contribution is 2.39. The van der Waals surface area contributed by atoms with Crippen LogP contribution in [0, 0.1) is 19.3 Å². The molecule has 1 heteroatoms. The third kappa shape index (κ3) is 2.90. The molecule has 1 unspecified atom stereocenters. The fraction of sp³-hybridized carbons (Fsp3) is 0.625. The van der Waals surface area contributed by atoms with Gasteiger partial charge in [-0.1, -0.05) is 37.1 Å². The zero-order valence-corrected chi connectivity index (χ0v) is 11.6. The number of hydrogen-bond acceptors (Lipinski definition) is 1. The summed E-state index contributed by atoms with van der Waals surface area (Å²) < 4.78 is 0.